The highest BCUT2D eigenvalue weighted by molar-refractivity contribution is 5.89. The largest absolute Gasteiger partial charge is 0.505 e. The minimum absolute atomic E-state index is 0.104. The van der Waals surface area contributed by atoms with Crippen LogP contribution in [0, 0.1) is 5.82 Å². The van der Waals surface area contributed by atoms with Gasteiger partial charge in [-0.1, -0.05) is 12.1 Å². The monoisotopic (exact) mass is 428 g/mol. The first kappa shape index (κ1) is 21.2. The first-order valence-electron chi connectivity index (χ1n) is 10.0. The highest BCUT2D eigenvalue weighted by Crippen LogP contribution is 2.38. The van der Waals surface area contributed by atoms with Crippen LogP contribution in [-0.4, -0.2) is 48.5 Å². The van der Waals surface area contributed by atoms with Crippen molar-refractivity contribution < 1.29 is 19.0 Å². The third kappa shape index (κ3) is 3.76. The number of halogens is 1. The summed E-state index contributed by atoms with van der Waals surface area (Å²) in [6, 6.07) is 6.20. The van der Waals surface area contributed by atoms with Crippen molar-refractivity contribution in [1.82, 2.24) is 20.2 Å². The second kappa shape index (κ2) is 8.62. The third-order valence-electron chi connectivity index (χ3n) is 5.48. The molecule has 4 rings (SSSR count). The molecule has 0 aliphatic carbocycles. The van der Waals surface area contributed by atoms with E-state index in [4.69, 9.17) is 9.47 Å². The molecule has 0 saturated heterocycles. The van der Waals surface area contributed by atoms with Crippen LogP contribution >= 0.6 is 0 Å². The molecule has 0 saturated carbocycles. The Hall–Kier alpha value is -3.01. The lowest BCUT2D eigenvalue weighted by molar-refractivity contribution is 0.0767. The van der Waals surface area contributed by atoms with Gasteiger partial charge in [-0.2, -0.15) is 0 Å². The SMILES string of the molecule is CNCC1Cn2c(=O)c(C(NC)OC)c(O)c3ncc(Cc4ccc(F)cc4)c(c32)O1. The number of methoxy groups -OCH3 is 1. The van der Waals surface area contributed by atoms with E-state index in [0.29, 0.717) is 30.8 Å². The number of aromatic hydroxyl groups is 1. The van der Waals surface area contributed by atoms with Crippen LogP contribution < -0.4 is 20.9 Å². The van der Waals surface area contributed by atoms with Gasteiger partial charge in [-0.05, 0) is 31.8 Å². The van der Waals surface area contributed by atoms with Crippen molar-refractivity contribution in [3.63, 3.8) is 0 Å². The van der Waals surface area contributed by atoms with E-state index in [0.717, 1.165) is 11.1 Å². The topological polar surface area (TPSA) is 97.6 Å². The summed E-state index contributed by atoms with van der Waals surface area (Å²) in [6.45, 7) is 0.833. The van der Waals surface area contributed by atoms with Gasteiger partial charge in [-0.3, -0.25) is 19.7 Å². The van der Waals surface area contributed by atoms with Crippen LogP contribution in [0.4, 0.5) is 4.39 Å². The van der Waals surface area contributed by atoms with Crippen LogP contribution in [0.3, 0.4) is 0 Å². The maximum Gasteiger partial charge on any atom is 0.262 e. The molecule has 3 heterocycles. The molecule has 2 atom stereocenters. The van der Waals surface area contributed by atoms with Gasteiger partial charge >= 0.3 is 0 Å². The van der Waals surface area contributed by atoms with Gasteiger partial charge in [0.05, 0.1) is 6.54 Å². The Balaban J connectivity index is 1.94. The van der Waals surface area contributed by atoms with Gasteiger partial charge in [0.2, 0.25) is 0 Å². The third-order valence-corrected chi connectivity index (χ3v) is 5.48. The van der Waals surface area contributed by atoms with Crippen molar-refractivity contribution in [3.05, 3.63) is 63.3 Å². The summed E-state index contributed by atoms with van der Waals surface area (Å²) in [5.74, 6) is -0.0449. The number of likely N-dealkylation sites (N-methyl/N-ethyl adjacent to an activating group) is 1. The van der Waals surface area contributed by atoms with Crippen LogP contribution in [0.25, 0.3) is 11.0 Å². The minimum Gasteiger partial charge on any atom is -0.505 e. The van der Waals surface area contributed by atoms with Crippen molar-refractivity contribution in [3.8, 4) is 11.5 Å². The van der Waals surface area contributed by atoms with Gasteiger partial charge in [0.15, 0.2) is 11.5 Å². The van der Waals surface area contributed by atoms with E-state index < -0.39 is 6.23 Å². The second-order valence-electron chi connectivity index (χ2n) is 7.49. The number of benzene rings is 1. The standard InChI is InChI=1S/C22H25FN4O4/c1-24-10-15-11-27-18-17(19(28)16(22(27)29)21(25-2)30-3)26-9-13(20(18)31-15)8-12-4-6-14(23)7-5-12/h4-7,9,15,21,24-25,28H,8,10-11H2,1-3H3. The molecule has 3 N–H and O–H groups in total. The van der Waals surface area contributed by atoms with E-state index in [9.17, 15) is 14.3 Å². The molecule has 2 unspecified atom stereocenters. The van der Waals surface area contributed by atoms with Crippen molar-refractivity contribution >= 4 is 11.0 Å². The van der Waals surface area contributed by atoms with Gasteiger partial charge in [-0.15, -0.1) is 0 Å². The zero-order valence-electron chi connectivity index (χ0n) is 17.6. The average molecular weight is 428 g/mol. The number of nitrogens with zero attached hydrogens (tertiary/aromatic N) is 2. The van der Waals surface area contributed by atoms with Gasteiger partial charge in [0, 0.05) is 31.8 Å². The van der Waals surface area contributed by atoms with Crippen LogP contribution in [0.5, 0.6) is 11.5 Å². The number of pyridine rings is 2. The second-order valence-corrected chi connectivity index (χ2v) is 7.49. The molecule has 8 nitrogen and oxygen atoms in total. The molecule has 164 valence electrons. The Bertz CT molecular complexity index is 1160. The molecular weight excluding hydrogens is 403 g/mol. The number of nitrogens with one attached hydrogen (secondary N) is 2. The quantitative estimate of drug-likeness (QED) is 0.493. The summed E-state index contributed by atoms with van der Waals surface area (Å²) < 4.78 is 26.5. The first-order chi connectivity index (χ1) is 15.0. The lowest BCUT2D eigenvalue weighted by Crippen LogP contribution is -2.42. The van der Waals surface area contributed by atoms with Gasteiger partial charge in [-0.25, -0.2) is 4.39 Å². The smallest absolute Gasteiger partial charge is 0.262 e. The predicted octanol–water partition coefficient (Wildman–Crippen LogP) is 1.68. The predicted molar refractivity (Wildman–Crippen MR) is 114 cm³/mol. The van der Waals surface area contributed by atoms with Gasteiger partial charge in [0.25, 0.3) is 5.56 Å². The summed E-state index contributed by atoms with van der Waals surface area (Å²) in [5.41, 5.74) is 2.08. The van der Waals surface area contributed by atoms with Crippen LogP contribution in [-0.2, 0) is 17.7 Å². The molecule has 0 fully saturated rings. The molecule has 2 aromatic heterocycles. The molecule has 1 aromatic carbocycles. The lowest BCUT2D eigenvalue weighted by Gasteiger charge is -2.30. The van der Waals surface area contributed by atoms with Crippen LogP contribution in [0.2, 0.25) is 0 Å². The molecule has 0 amide bonds. The maximum absolute atomic E-state index is 13.4. The fraction of sp³-hybridized carbons (Fsp3) is 0.364. The highest BCUT2D eigenvalue weighted by atomic mass is 19.1. The summed E-state index contributed by atoms with van der Waals surface area (Å²) in [4.78, 5) is 17.8. The zero-order chi connectivity index (χ0) is 22.1. The Morgan fingerprint density at radius 3 is 2.74 bits per heavy atom. The molecular formula is C22H25FN4O4. The summed E-state index contributed by atoms with van der Waals surface area (Å²) >= 11 is 0. The Morgan fingerprint density at radius 2 is 2.10 bits per heavy atom. The van der Waals surface area contributed by atoms with Crippen molar-refractivity contribution in [2.45, 2.75) is 25.3 Å². The van der Waals surface area contributed by atoms with E-state index in [2.05, 4.69) is 15.6 Å². The maximum atomic E-state index is 13.4. The number of aromatic nitrogens is 2. The number of hydrogen-bond donors (Lipinski definition) is 3. The van der Waals surface area contributed by atoms with Gasteiger partial charge < -0.3 is 19.9 Å². The van der Waals surface area contributed by atoms with Crippen molar-refractivity contribution in [1.29, 1.82) is 0 Å². The minimum atomic E-state index is -0.782. The molecule has 31 heavy (non-hydrogen) atoms. The number of ether oxygens (including phenoxy) is 2. The number of hydrogen-bond acceptors (Lipinski definition) is 7. The normalized spacial score (nSPS) is 16.3. The average Bonchev–Trinajstić information content (AvgIpc) is 2.77. The van der Waals surface area contributed by atoms with E-state index in [1.165, 1.54) is 19.2 Å². The van der Waals surface area contributed by atoms with E-state index >= 15 is 0 Å². The molecule has 0 radical (unpaired) electrons. The molecule has 9 heteroatoms. The van der Waals surface area contributed by atoms with Crippen molar-refractivity contribution in [2.75, 3.05) is 27.7 Å². The summed E-state index contributed by atoms with van der Waals surface area (Å²) in [6.07, 6.45) is 0.997. The van der Waals surface area contributed by atoms with E-state index in [1.54, 1.807) is 29.9 Å². The Labute approximate surface area is 178 Å². The van der Waals surface area contributed by atoms with Crippen molar-refractivity contribution in [2.24, 2.45) is 0 Å². The fourth-order valence-electron chi connectivity index (χ4n) is 4.03. The molecule has 1 aliphatic heterocycles. The van der Waals surface area contributed by atoms with Gasteiger partial charge in [0.1, 0.15) is 34.7 Å². The molecule has 3 aromatic rings. The molecule has 1 aliphatic rings. The number of rotatable bonds is 7. The fourth-order valence-corrected chi connectivity index (χ4v) is 4.03. The van der Waals surface area contributed by atoms with Crippen LogP contribution in [0.1, 0.15) is 22.9 Å². The highest BCUT2D eigenvalue weighted by Gasteiger charge is 2.31. The Morgan fingerprint density at radius 1 is 1.35 bits per heavy atom. The van der Waals surface area contributed by atoms with Crippen LogP contribution in [0.15, 0.2) is 35.3 Å². The summed E-state index contributed by atoms with van der Waals surface area (Å²) in [5, 5.41) is 16.9. The zero-order valence-corrected chi connectivity index (χ0v) is 17.6. The van der Waals surface area contributed by atoms with E-state index in [-0.39, 0.29) is 34.3 Å². The first-order valence-corrected chi connectivity index (χ1v) is 10.0. The molecule has 0 bridgehead atoms. The molecule has 0 spiro atoms. The lowest BCUT2D eigenvalue weighted by atomic mass is 10.0. The summed E-state index contributed by atoms with van der Waals surface area (Å²) in [7, 11) is 4.91. The van der Waals surface area contributed by atoms with E-state index in [1.807, 2.05) is 7.05 Å². The Kier molecular flexibility index (Phi) is 5.90.